The lowest BCUT2D eigenvalue weighted by Crippen LogP contribution is -2.26. The number of rotatable bonds is 7. The summed E-state index contributed by atoms with van der Waals surface area (Å²) in [7, 11) is 0. The maximum atomic E-state index is 12.7. The van der Waals surface area contributed by atoms with E-state index in [9.17, 15) is 18.0 Å². The molecule has 0 aromatic carbocycles. The molecule has 0 bridgehead atoms. The van der Waals surface area contributed by atoms with Gasteiger partial charge in [0.05, 0.1) is 28.5 Å². The molecular formula is C14H16Cl2F3N5O. The number of carbonyl (C=O) groups is 1. The van der Waals surface area contributed by atoms with Crippen molar-refractivity contribution >= 4 is 29.1 Å². The van der Waals surface area contributed by atoms with Crippen molar-refractivity contribution in [2.24, 2.45) is 0 Å². The SMILES string of the molecule is Cc1c(Cl)c(C(F)(F)F)nn1CCC(=O)NCCCn1cc(Cl)cn1. The van der Waals surface area contributed by atoms with Crippen LogP contribution in [0.1, 0.15) is 24.2 Å². The first-order valence-corrected chi connectivity index (χ1v) is 8.19. The molecule has 0 saturated carbocycles. The van der Waals surface area contributed by atoms with E-state index in [4.69, 9.17) is 23.2 Å². The second-order valence-corrected chi connectivity index (χ2v) is 6.16. The molecule has 0 spiro atoms. The van der Waals surface area contributed by atoms with Crippen molar-refractivity contribution in [1.29, 1.82) is 0 Å². The number of amides is 1. The third-order valence-corrected chi connectivity index (χ3v) is 4.09. The summed E-state index contributed by atoms with van der Waals surface area (Å²) < 4.78 is 40.9. The summed E-state index contributed by atoms with van der Waals surface area (Å²) in [4.78, 5) is 11.8. The van der Waals surface area contributed by atoms with Crippen LogP contribution in [0.4, 0.5) is 13.2 Å². The molecule has 6 nitrogen and oxygen atoms in total. The van der Waals surface area contributed by atoms with E-state index in [1.807, 2.05) is 0 Å². The van der Waals surface area contributed by atoms with E-state index in [0.29, 0.717) is 24.5 Å². The van der Waals surface area contributed by atoms with Gasteiger partial charge >= 0.3 is 6.18 Å². The van der Waals surface area contributed by atoms with Crippen LogP contribution in [0.5, 0.6) is 0 Å². The molecule has 0 aliphatic carbocycles. The molecule has 1 N–H and O–H groups in total. The average molecular weight is 398 g/mol. The molecule has 0 saturated heterocycles. The third kappa shape index (κ3) is 5.37. The predicted octanol–water partition coefficient (Wildman–Crippen LogP) is 3.31. The van der Waals surface area contributed by atoms with Crippen molar-refractivity contribution < 1.29 is 18.0 Å². The summed E-state index contributed by atoms with van der Waals surface area (Å²) in [5, 5.41) is 10.2. The van der Waals surface area contributed by atoms with Crippen LogP contribution >= 0.6 is 23.2 Å². The predicted molar refractivity (Wildman–Crippen MR) is 86.5 cm³/mol. The van der Waals surface area contributed by atoms with Gasteiger partial charge in [-0.1, -0.05) is 23.2 Å². The number of nitrogens with zero attached hydrogens (tertiary/aromatic N) is 4. The van der Waals surface area contributed by atoms with Crippen LogP contribution in [0, 0.1) is 6.92 Å². The van der Waals surface area contributed by atoms with Crippen LogP contribution in [-0.2, 0) is 24.1 Å². The van der Waals surface area contributed by atoms with Crippen LogP contribution < -0.4 is 5.32 Å². The Morgan fingerprint density at radius 1 is 1.32 bits per heavy atom. The van der Waals surface area contributed by atoms with Crippen molar-refractivity contribution in [3.05, 3.63) is 33.8 Å². The normalized spacial score (nSPS) is 11.8. The Bertz CT molecular complexity index is 741. The highest BCUT2D eigenvalue weighted by atomic mass is 35.5. The van der Waals surface area contributed by atoms with Gasteiger partial charge in [-0.25, -0.2) is 0 Å². The zero-order valence-corrected chi connectivity index (χ0v) is 14.8. The molecule has 2 rings (SSSR count). The number of alkyl halides is 3. The van der Waals surface area contributed by atoms with Gasteiger partial charge in [0.25, 0.3) is 0 Å². The highest BCUT2D eigenvalue weighted by Gasteiger charge is 2.38. The number of carbonyl (C=O) groups excluding carboxylic acids is 1. The molecule has 2 aromatic rings. The second kappa shape index (κ2) is 8.09. The summed E-state index contributed by atoms with van der Waals surface area (Å²) >= 11 is 11.4. The smallest absolute Gasteiger partial charge is 0.356 e. The van der Waals surface area contributed by atoms with Gasteiger partial charge in [-0.3, -0.25) is 14.2 Å². The van der Waals surface area contributed by atoms with E-state index in [-0.39, 0.29) is 24.6 Å². The van der Waals surface area contributed by atoms with Gasteiger partial charge in [-0.05, 0) is 13.3 Å². The number of nitrogens with one attached hydrogen (secondary N) is 1. The molecule has 138 valence electrons. The summed E-state index contributed by atoms with van der Waals surface area (Å²) in [6.07, 6.45) is -0.776. The first-order valence-electron chi connectivity index (χ1n) is 7.43. The molecule has 2 heterocycles. The quantitative estimate of drug-likeness (QED) is 0.728. The van der Waals surface area contributed by atoms with Gasteiger partial charge in [-0.15, -0.1) is 0 Å². The Balaban J connectivity index is 1.76. The minimum absolute atomic E-state index is 0.00371. The summed E-state index contributed by atoms with van der Waals surface area (Å²) in [6.45, 7) is 2.46. The average Bonchev–Trinajstić information content (AvgIpc) is 3.06. The van der Waals surface area contributed by atoms with Crippen molar-refractivity contribution in [2.45, 2.75) is 39.0 Å². The lowest BCUT2D eigenvalue weighted by atomic mass is 10.3. The molecule has 0 atom stereocenters. The lowest BCUT2D eigenvalue weighted by Gasteiger charge is -2.07. The Kier molecular flexibility index (Phi) is 6.34. The molecule has 0 aliphatic rings. The van der Waals surface area contributed by atoms with Crippen LogP contribution in [0.2, 0.25) is 10.0 Å². The lowest BCUT2D eigenvalue weighted by molar-refractivity contribution is -0.141. The molecule has 25 heavy (non-hydrogen) atoms. The zero-order valence-electron chi connectivity index (χ0n) is 13.3. The fourth-order valence-electron chi connectivity index (χ4n) is 2.15. The van der Waals surface area contributed by atoms with E-state index >= 15 is 0 Å². The summed E-state index contributed by atoms with van der Waals surface area (Å²) in [5.41, 5.74) is -0.956. The van der Waals surface area contributed by atoms with Gasteiger partial charge in [-0.2, -0.15) is 23.4 Å². The Labute approximate surface area is 151 Å². The first-order chi connectivity index (χ1) is 11.7. The van der Waals surface area contributed by atoms with Crippen molar-refractivity contribution in [1.82, 2.24) is 24.9 Å². The molecule has 0 aliphatic heterocycles. The third-order valence-electron chi connectivity index (χ3n) is 3.44. The minimum Gasteiger partial charge on any atom is -0.356 e. The van der Waals surface area contributed by atoms with Crippen molar-refractivity contribution in [3.63, 3.8) is 0 Å². The molecule has 2 aromatic heterocycles. The fourth-order valence-corrected chi connectivity index (χ4v) is 2.55. The number of halogens is 5. The minimum atomic E-state index is -4.62. The Morgan fingerprint density at radius 2 is 2.04 bits per heavy atom. The largest absolute Gasteiger partial charge is 0.436 e. The number of hydrogen-bond acceptors (Lipinski definition) is 3. The van der Waals surface area contributed by atoms with E-state index in [1.165, 1.54) is 13.1 Å². The maximum absolute atomic E-state index is 12.7. The zero-order chi connectivity index (χ0) is 18.6. The number of aryl methyl sites for hydroxylation is 2. The van der Waals surface area contributed by atoms with E-state index in [1.54, 1.807) is 10.9 Å². The van der Waals surface area contributed by atoms with Gasteiger partial charge < -0.3 is 5.32 Å². The van der Waals surface area contributed by atoms with Crippen LogP contribution in [0.25, 0.3) is 0 Å². The van der Waals surface area contributed by atoms with Gasteiger partial charge in [0.2, 0.25) is 5.91 Å². The van der Waals surface area contributed by atoms with Gasteiger partial charge in [0.1, 0.15) is 0 Å². The van der Waals surface area contributed by atoms with Crippen LogP contribution in [0.3, 0.4) is 0 Å². The number of hydrogen-bond donors (Lipinski definition) is 1. The molecular weight excluding hydrogens is 382 g/mol. The fraction of sp³-hybridized carbons (Fsp3) is 0.500. The maximum Gasteiger partial charge on any atom is 0.436 e. The topological polar surface area (TPSA) is 64.7 Å². The Morgan fingerprint density at radius 3 is 2.60 bits per heavy atom. The van der Waals surface area contributed by atoms with Crippen molar-refractivity contribution in [3.8, 4) is 0 Å². The monoisotopic (exact) mass is 397 g/mol. The molecule has 11 heteroatoms. The summed E-state index contributed by atoms with van der Waals surface area (Å²) in [6, 6.07) is 0. The molecule has 0 fully saturated rings. The molecule has 0 unspecified atom stereocenters. The van der Waals surface area contributed by atoms with Gasteiger partial charge in [0, 0.05) is 25.7 Å². The van der Waals surface area contributed by atoms with E-state index < -0.39 is 16.9 Å². The standard InChI is InChI=1S/C14H16Cl2F3N5O/c1-9-12(16)13(14(17,18)19)22-24(9)6-3-11(25)20-4-2-5-23-8-10(15)7-21-23/h7-8H,2-6H2,1H3,(H,20,25). The second-order valence-electron chi connectivity index (χ2n) is 5.34. The van der Waals surface area contributed by atoms with Gasteiger partial charge in [0.15, 0.2) is 5.69 Å². The highest BCUT2D eigenvalue weighted by molar-refractivity contribution is 6.32. The van der Waals surface area contributed by atoms with E-state index in [0.717, 1.165) is 4.68 Å². The number of aromatic nitrogens is 4. The summed E-state index contributed by atoms with van der Waals surface area (Å²) in [5.74, 6) is -0.280. The highest BCUT2D eigenvalue weighted by Crippen LogP contribution is 2.35. The molecule has 1 amide bonds. The first kappa shape index (κ1) is 19.6. The van der Waals surface area contributed by atoms with E-state index in [2.05, 4.69) is 15.5 Å². The van der Waals surface area contributed by atoms with Crippen molar-refractivity contribution in [2.75, 3.05) is 6.54 Å². The van der Waals surface area contributed by atoms with Crippen LogP contribution in [0.15, 0.2) is 12.4 Å². The molecule has 0 radical (unpaired) electrons. The Hall–Kier alpha value is -1.74. The van der Waals surface area contributed by atoms with Crippen LogP contribution in [-0.4, -0.2) is 32.0 Å².